The Labute approximate surface area is 249 Å². The minimum Gasteiger partial charge on any atom is -0.497 e. The molecule has 0 fully saturated rings. The van der Waals surface area contributed by atoms with Gasteiger partial charge in [0.1, 0.15) is 17.6 Å². The number of thioether (sulfide) groups is 1. The standard InChI is InChI=1S/C32H33N5O4S/c1-4-20-10-14-22(15-11-20)34-30(39)27(5-2)42-32-36-25-9-7-6-8-24(25)29-35-26(31(40)37(29)32)18-28(38)33-19-21-12-16-23(41-3)17-13-21/h6-17,26-27H,4-5,18-19H2,1-3H3,(H,33,38)(H,34,39). The predicted octanol–water partition coefficient (Wildman–Crippen LogP) is 5.07. The molecule has 42 heavy (non-hydrogen) atoms. The van der Waals surface area contributed by atoms with Gasteiger partial charge in [0.05, 0.1) is 24.5 Å². The van der Waals surface area contributed by atoms with E-state index in [1.54, 1.807) is 7.11 Å². The molecule has 0 aromatic heterocycles. The van der Waals surface area contributed by atoms with Crippen molar-refractivity contribution >= 4 is 51.9 Å². The highest BCUT2D eigenvalue weighted by molar-refractivity contribution is 8.15. The van der Waals surface area contributed by atoms with Gasteiger partial charge in [-0.15, -0.1) is 0 Å². The highest BCUT2D eigenvalue weighted by Crippen LogP contribution is 2.36. The Bertz CT molecular complexity index is 1540. The van der Waals surface area contributed by atoms with Gasteiger partial charge >= 0.3 is 0 Å². The van der Waals surface area contributed by atoms with Crippen molar-refractivity contribution in [1.29, 1.82) is 0 Å². The number of benzene rings is 3. The number of anilines is 1. The van der Waals surface area contributed by atoms with E-state index in [0.717, 1.165) is 17.7 Å². The number of carbonyl (C=O) groups is 3. The van der Waals surface area contributed by atoms with Crippen LogP contribution in [0.4, 0.5) is 11.4 Å². The molecule has 2 N–H and O–H groups in total. The van der Waals surface area contributed by atoms with Crippen molar-refractivity contribution in [3.05, 3.63) is 89.5 Å². The van der Waals surface area contributed by atoms with E-state index in [1.165, 1.54) is 22.2 Å². The Morgan fingerprint density at radius 1 is 1.00 bits per heavy atom. The molecule has 3 aromatic carbocycles. The maximum absolute atomic E-state index is 13.7. The number of carbonyl (C=O) groups excluding carboxylic acids is 3. The van der Waals surface area contributed by atoms with Crippen molar-refractivity contribution < 1.29 is 19.1 Å². The van der Waals surface area contributed by atoms with Gasteiger partial charge in [0.15, 0.2) is 5.17 Å². The SMILES string of the molecule is CCc1ccc(NC(=O)C(CC)SC2=Nc3ccccc3C3=NC(CC(=O)NCc4ccc(OC)cc4)C(=O)N23)cc1. The molecule has 9 nitrogen and oxygen atoms in total. The van der Waals surface area contributed by atoms with Crippen LogP contribution in [0.5, 0.6) is 5.75 Å². The molecular formula is C32H33N5O4S. The zero-order valence-electron chi connectivity index (χ0n) is 23.8. The third kappa shape index (κ3) is 6.38. The third-order valence-corrected chi connectivity index (χ3v) is 8.43. The van der Waals surface area contributed by atoms with Crippen molar-refractivity contribution in [1.82, 2.24) is 10.2 Å². The van der Waals surface area contributed by atoms with E-state index in [4.69, 9.17) is 9.73 Å². The summed E-state index contributed by atoms with van der Waals surface area (Å²) in [6.07, 6.45) is 1.35. The van der Waals surface area contributed by atoms with Gasteiger partial charge in [-0.1, -0.05) is 62.0 Å². The minimum absolute atomic E-state index is 0.0967. The topological polar surface area (TPSA) is 112 Å². The fourth-order valence-corrected chi connectivity index (χ4v) is 5.72. The molecule has 0 saturated heterocycles. The number of hydrogen-bond donors (Lipinski definition) is 2. The number of nitrogens with zero attached hydrogens (tertiary/aromatic N) is 3. The van der Waals surface area contributed by atoms with Crippen LogP contribution < -0.4 is 15.4 Å². The predicted molar refractivity (Wildman–Crippen MR) is 166 cm³/mol. The van der Waals surface area contributed by atoms with Crippen LogP contribution in [-0.4, -0.2) is 52.0 Å². The molecule has 10 heteroatoms. The number of aliphatic imine (C=N–C) groups is 2. The molecule has 2 aliphatic rings. The van der Waals surface area contributed by atoms with Crippen LogP contribution in [0.2, 0.25) is 0 Å². The number of nitrogens with one attached hydrogen (secondary N) is 2. The van der Waals surface area contributed by atoms with E-state index in [0.29, 0.717) is 40.9 Å². The van der Waals surface area contributed by atoms with Gasteiger partial charge in [0.2, 0.25) is 11.8 Å². The highest BCUT2D eigenvalue weighted by atomic mass is 32.2. The Morgan fingerprint density at radius 2 is 1.71 bits per heavy atom. The number of hydrogen-bond acceptors (Lipinski definition) is 7. The normalized spacial score (nSPS) is 16.1. The zero-order valence-corrected chi connectivity index (χ0v) is 24.6. The first kappa shape index (κ1) is 29.1. The molecule has 2 aliphatic heterocycles. The zero-order chi connectivity index (χ0) is 29.6. The average molecular weight is 584 g/mol. The summed E-state index contributed by atoms with van der Waals surface area (Å²) in [5.41, 5.74) is 4.19. The summed E-state index contributed by atoms with van der Waals surface area (Å²) in [5.74, 6) is 0.390. The fraction of sp³-hybridized carbons (Fsp3) is 0.281. The van der Waals surface area contributed by atoms with E-state index in [-0.39, 0.29) is 24.1 Å². The van der Waals surface area contributed by atoms with E-state index in [1.807, 2.05) is 79.7 Å². The van der Waals surface area contributed by atoms with Crippen LogP contribution in [0.1, 0.15) is 43.4 Å². The number of methoxy groups -OCH3 is 1. The van der Waals surface area contributed by atoms with Crippen molar-refractivity contribution in [2.75, 3.05) is 12.4 Å². The second-order valence-corrected chi connectivity index (χ2v) is 11.1. The van der Waals surface area contributed by atoms with Gasteiger partial charge in [-0.25, -0.2) is 9.89 Å². The number of amides is 3. The molecule has 5 rings (SSSR count). The van der Waals surface area contributed by atoms with Crippen molar-refractivity contribution in [3.63, 3.8) is 0 Å². The summed E-state index contributed by atoms with van der Waals surface area (Å²) in [7, 11) is 1.60. The summed E-state index contributed by atoms with van der Waals surface area (Å²) < 4.78 is 5.18. The quantitative estimate of drug-likeness (QED) is 0.346. The lowest BCUT2D eigenvalue weighted by Crippen LogP contribution is -2.43. The van der Waals surface area contributed by atoms with Crippen LogP contribution >= 0.6 is 11.8 Å². The first-order valence-electron chi connectivity index (χ1n) is 14.0. The molecule has 2 unspecified atom stereocenters. The number of aryl methyl sites for hydroxylation is 1. The maximum atomic E-state index is 13.7. The van der Waals surface area contributed by atoms with E-state index in [9.17, 15) is 14.4 Å². The summed E-state index contributed by atoms with van der Waals surface area (Å²) in [5, 5.41) is 5.74. The lowest BCUT2D eigenvalue weighted by atomic mass is 10.1. The molecule has 0 saturated carbocycles. The second kappa shape index (κ2) is 13.0. The summed E-state index contributed by atoms with van der Waals surface area (Å²) in [4.78, 5) is 50.6. The molecule has 3 aromatic rings. The monoisotopic (exact) mass is 583 g/mol. The average Bonchev–Trinajstić information content (AvgIpc) is 3.35. The molecule has 0 radical (unpaired) electrons. The van der Waals surface area contributed by atoms with Gasteiger partial charge in [0, 0.05) is 17.8 Å². The number of ether oxygens (including phenoxy) is 1. The van der Waals surface area contributed by atoms with Gasteiger partial charge in [-0.2, -0.15) is 0 Å². The Morgan fingerprint density at radius 3 is 2.40 bits per heavy atom. The fourth-order valence-electron chi connectivity index (χ4n) is 4.70. The molecule has 0 aliphatic carbocycles. The van der Waals surface area contributed by atoms with Crippen LogP contribution in [0.15, 0.2) is 82.8 Å². The van der Waals surface area contributed by atoms with Crippen molar-refractivity contribution in [3.8, 4) is 5.75 Å². The van der Waals surface area contributed by atoms with Gasteiger partial charge in [0.25, 0.3) is 5.91 Å². The minimum atomic E-state index is -0.890. The third-order valence-electron chi connectivity index (χ3n) is 7.12. The van der Waals surface area contributed by atoms with Gasteiger partial charge in [-0.3, -0.25) is 19.4 Å². The first-order valence-corrected chi connectivity index (χ1v) is 14.8. The van der Waals surface area contributed by atoms with E-state index < -0.39 is 11.3 Å². The molecule has 2 heterocycles. The first-order chi connectivity index (χ1) is 20.4. The summed E-state index contributed by atoms with van der Waals surface area (Å²) in [6.45, 7) is 4.33. The number of fused-ring (bicyclic) bond motifs is 3. The highest BCUT2D eigenvalue weighted by Gasteiger charge is 2.43. The maximum Gasteiger partial charge on any atom is 0.259 e. The van der Waals surface area contributed by atoms with Crippen LogP contribution in [-0.2, 0) is 27.3 Å². The number of amidine groups is 2. The Balaban J connectivity index is 1.30. The van der Waals surface area contributed by atoms with E-state index in [2.05, 4.69) is 22.5 Å². The van der Waals surface area contributed by atoms with Crippen molar-refractivity contribution in [2.24, 2.45) is 9.98 Å². The number of para-hydroxylation sites is 1. The van der Waals surface area contributed by atoms with Gasteiger partial charge in [-0.05, 0) is 60.4 Å². The lowest BCUT2D eigenvalue weighted by molar-refractivity contribution is -0.128. The molecule has 2 atom stereocenters. The molecule has 3 amide bonds. The summed E-state index contributed by atoms with van der Waals surface area (Å²) >= 11 is 1.23. The Kier molecular flexibility index (Phi) is 9.02. The Hall–Kier alpha value is -4.44. The summed E-state index contributed by atoms with van der Waals surface area (Å²) in [6, 6.07) is 21.7. The second-order valence-electron chi connectivity index (χ2n) is 9.94. The lowest BCUT2D eigenvalue weighted by Gasteiger charge is -2.27. The molecule has 216 valence electrons. The molecule has 0 bridgehead atoms. The number of rotatable bonds is 10. The van der Waals surface area contributed by atoms with Crippen LogP contribution in [0.3, 0.4) is 0 Å². The molecular weight excluding hydrogens is 550 g/mol. The van der Waals surface area contributed by atoms with E-state index >= 15 is 0 Å². The van der Waals surface area contributed by atoms with Crippen molar-refractivity contribution in [2.45, 2.75) is 50.9 Å². The van der Waals surface area contributed by atoms with Crippen LogP contribution in [0.25, 0.3) is 0 Å². The smallest absolute Gasteiger partial charge is 0.259 e. The van der Waals surface area contributed by atoms with Gasteiger partial charge < -0.3 is 15.4 Å². The largest absolute Gasteiger partial charge is 0.497 e. The van der Waals surface area contributed by atoms with Crippen LogP contribution in [0, 0.1) is 0 Å². The molecule has 0 spiro atoms.